The molecule has 0 saturated carbocycles. The Balaban J connectivity index is 1.53. The number of para-hydroxylation sites is 1. The number of likely N-dealkylation sites (tertiary alicyclic amines) is 1. The molecule has 0 unspecified atom stereocenters. The summed E-state index contributed by atoms with van der Waals surface area (Å²) in [6.45, 7) is 3.39. The Hall–Kier alpha value is -3.40. The van der Waals surface area contributed by atoms with E-state index in [0.717, 1.165) is 16.3 Å². The van der Waals surface area contributed by atoms with Crippen LogP contribution in [0.15, 0.2) is 48.0 Å². The molecule has 1 aromatic heterocycles. The van der Waals surface area contributed by atoms with Gasteiger partial charge in [0.2, 0.25) is 0 Å². The maximum Gasteiger partial charge on any atom is 0.417 e. The van der Waals surface area contributed by atoms with Gasteiger partial charge >= 0.3 is 12.2 Å². The molecule has 0 aliphatic carbocycles. The average molecular weight is 489 g/mol. The number of halogens is 3. The molecule has 10 heteroatoms. The predicted octanol–water partition coefficient (Wildman–Crippen LogP) is 5.78. The van der Waals surface area contributed by atoms with Crippen LogP contribution in [0.5, 0.6) is 0 Å². The number of nitrogens with one attached hydrogen (secondary N) is 2. The third kappa shape index (κ3) is 5.39. The van der Waals surface area contributed by atoms with Gasteiger partial charge in [-0.1, -0.05) is 41.2 Å². The van der Waals surface area contributed by atoms with Gasteiger partial charge in [0.1, 0.15) is 0 Å². The van der Waals surface area contributed by atoms with Crippen LogP contribution in [0.3, 0.4) is 0 Å². The number of anilines is 1. The van der Waals surface area contributed by atoms with E-state index in [0.29, 0.717) is 43.6 Å². The van der Waals surface area contributed by atoms with Crippen molar-refractivity contribution in [3.63, 3.8) is 0 Å². The van der Waals surface area contributed by atoms with Crippen LogP contribution >= 0.6 is 11.3 Å². The Morgan fingerprint density at radius 3 is 2.56 bits per heavy atom. The predicted molar refractivity (Wildman–Crippen MR) is 127 cm³/mol. The molecule has 3 amide bonds. The van der Waals surface area contributed by atoms with E-state index in [-0.39, 0.29) is 11.2 Å². The normalized spacial score (nSPS) is 14.2. The minimum atomic E-state index is -4.70. The minimum Gasteiger partial charge on any atom is -0.338 e. The van der Waals surface area contributed by atoms with Gasteiger partial charge in [0.25, 0.3) is 5.91 Å². The van der Waals surface area contributed by atoms with E-state index in [9.17, 15) is 22.8 Å². The van der Waals surface area contributed by atoms with Crippen LogP contribution in [-0.2, 0) is 6.18 Å². The lowest BCUT2D eigenvalue weighted by atomic mass is 9.98. The highest BCUT2D eigenvalue weighted by Gasteiger charge is 2.35. The number of rotatable bonds is 4. The van der Waals surface area contributed by atoms with Crippen molar-refractivity contribution < 1.29 is 22.8 Å². The van der Waals surface area contributed by atoms with Crippen molar-refractivity contribution in [2.75, 3.05) is 25.0 Å². The van der Waals surface area contributed by atoms with Crippen molar-refractivity contribution in [3.05, 3.63) is 64.7 Å². The van der Waals surface area contributed by atoms with Crippen LogP contribution in [0, 0.1) is 0 Å². The fourth-order valence-electron chi connectivity index (χ4n) is 3.81. The van der Waals surface area contributed by atoms with Gasteiger partial charge in [0.15, 0.2) is 5.13 Å². The number of carbonyl (C=O) groups excluding carboxylic acids is 2. The van der Waals surface area contributed by atoms with Gasteiger partial charge in [0, 0.05) is 19.6 Å². The molecule has 0 atom stereocenters. The van der Waals surface area contributed by atoms with Crippen LogP contribution in [0.1, 0.15) is 41.3 Å². The molecule has 4 rings (SSSR count). The number of carbonyl (C=O) groups is 2. The van der Waals surface area contributed by atoms with Crippen LogP contribution in [-0.4, -0.2) is 41.5 Å². The molecule has 0 radical (unpaired) electrons. The van der Waals surface area contributed by atoms with Crippen LogP contribution < -0.4 is 10.6 Å². The van der Waals surface area contributed by atoms with E-state index >= 15 is 0 Å². The Bertz CT molecular complexity index is 1210. The number of hydrogen-bond donors (Lipinski definition) is 2. The molecule has 34 heavy (non-hydrogen) atoms. The molecule has 1 aliphatic heterocycles. The van der Waals surface area contributed by atoms with Gasteiger partial charge < -0.3 is 10.2 Å². The van der Waals surface area contributed by atoms with E-state index in [1.807, 2.05) is 19.1 Å². The SMILES string of the molecule is CCNC(=O)N1CCC(=Cc2ccc(C(=O)Nc3nc4ccccc4s3)c(C(F)(F)F)c2)CC1. The summed E-state index contributed by atoms with van der Waals surface area (Å²) in [4.78, 5) is 30.6. The quantitative estimate of drug-likeness (QED) is 0.489. The highest BCUT2D eigenvalue weighted by atomic mass is 32.1. The molecule has 6 nitrogen and oxygen atoms in total. The first-order valence-electron chi connectivity index (χ1n) is 10.8. The molecule has 0 bridgehead atoms. The summed E-state index contributed by atoms with van der Waals surface area (Å²) >= 11 is 1.20. The first-order chi connectivity index (χ1) is 16.2. The number of nitrogens with zero attached hydrogens (tertiary/aromatic N) is 2. The number of fused-ring (bicyclic) bond motifs is 1. The monoisotopic (exact) mass is 488 g/mol. The van der Waals surface area contributed by atoms with Crippen molar-refractivity contribution in [2.24, 2.45) is 0 Å². The molecule has 0 spiro atoms. The number of benzene rings is 2. The highest BCUT2D eigenvalue weighted by Crippen LogP contribution is 2.34. The van der Waals surface area contributed by atoms with Crippen LogP contribution in [0.2, 0.25) is 0 Å². The summed E-state index contributed by atoms with van der Waals surface area (Å²) in [7, 11) is 0. The Morgan fingerprint density at radius 1 is 1.15 bits per heavy atom. The van der Waals surface area contributed by atoms with Crippen molar-refractivity contribution in [3.8, 4) is 0 Å². The molecule has 1 fully saturated rings. The number of aromatic nitrogens is 1. The summed E-state index contributed by atoms with van der Waals surface area (Å²) in [5, 5.41) is 5.48. The molecule has 2 N–H and O–H groups in total. The molecule has 3 aromatic rings. The number of thiazole rings is 1. The van der Waals surface area contributed by atoms with Crippen molar-refractivity contribution in [2.45, 2.75) is 25.9 Å². The third-order valence-corrected chi connectivity index (χ3v) is 6.45. The van der Waals surface area contributed by atoms with Gasteiger partial charge in [-0.2, -0.15) is 13.2 Å². The molecule has 2 heterocycles. The lowest BCUT2D eigenvalue weighted by Gasteiger charge is -2.28. The summed E-state index contributed by atoms with van der Waals surface area (Å²) in [6.07, 6.45) is -1.83. The second kappa shape index (κ2) is 9.84. The minimum absolute atomic E-state index is 0.135. The summed E-state index contributed by atoms with van der Waals surface area (Å²) in [6, 6.07) is 10.8. The maximum absolute atomic E-state index is 13.8. The van der Waals surface area contributed by atoms with Gasteiger partial charge in [-0.05, 0) is 49.6 Å². The molecule has 1 saturated heterocycles. The second-order valence-corrected chi connectivity index (χ2v) is 8.90. The fraction of sp³-hybridized carbons (Fsp3) is 0.292. The number of urea groups is 1. The summed E-state index contributed by atoms with van der Waals surface area (Å²) in [5.74, 6) is -0.860. The van der Waals surface area contributed by atoms with Crippen molar-refractivity contribution in [1.82, 2.24) is 15.2 Å². The van der Waals surface area contributed by atoms with Gasteiger partial charge in [-0.15, -0.1) is 0 Å². The molecule has 1 aliphatic rings. The average Bonchev–Trinajstić information content (AvgIpc) is 3.21. The number of alkyl halides is 3. The lowest BCUT2D eigenvalue weighted by molar-refractivity contribution is -0.137. The van der Waals surface area contributed by atoms with E-state index in [2.05, 4.69) is 15.6 Å². The Kier molecular flexibility index (Phi) is 6.87. The lowest BCUT2D eigenvalue weighted by Crippen LogP contribution is -2.43. The summed E-state index contributed by atoms with van der Waals surface area (Å²) < 4.78 is 42.3. The third-order valence-electron chi connectivity index (χ3n) is 5.50. The Morgan fingerprint density at radius 2 is 1.88 bits per heavy atom. The zero-order chi connectivity index (χ0) is 24.3. The first-order valence-corrected chi connectivity index (χ1v) is 11.7. The largest absolute Gasteiger partial charge is 0.417 e. The van der Waals surface area contributed by atoms with Gasteiger partial charge in [0.05, 0.1) is 21.3 Å². The molecular formula is C24H23F3N4O2S. The zero-order valence-electron chi connectivity index (χ0n) is 18.4. The molecule has 178 valence electrons. The topological polar surface area (TPSA) is 74.3 Å². The van der Waals surface area contributed by atoms with E-state index < -0.39 is 23.2 Å². The van der Waals surface area contributed by atoms with E-state index in [4.69, 9.17) is 0 Å². The number of amides is 3. The smallest absolute Gasteiger partial charge is 0.338 e. The van der Waals surface area contributed by atoms with Crippen LogP contribution in [0.25, 0.3) is 16.3 Å². The zero-order valence-corrected chi connectivity index (χ0v) is 19.2. The fourth-order valence-corrected chi connectivity index (χ4v) is 4.68. The molecular weight excluding hydrogens is 465 g/mol. The van der Waals surface area contributed by atoms with Crippen molar-refractivity contribution in [1.29, 1.82) is 0 Å². The number of piperidine rings is 1. The second-order valence-electron chi connectivity index (χ2n) is 7.87. The maximum atomic E-state index is 13.8. The van der Waals surface area contributed by atoms with Gasteiger partial charge in [-0.25, -0.2) is 9.78 Å². The Labute approximate surface area is 198 Å². The first kappa shape index (κ1) is 23.7. The number of hydrogen-bond acceptors (Lipinski definition) is 4. The van der Waals surface area contributed by atoms with Crippen LogP contribution in [0.4, 0.5) is 23.1 Å². The standard InChI is InChI=1S/C24H23F3N4O2S/c1-2-28-23(33)31-11-9-15(10-12-31)13-16-7-8-17(18(14-16)24(25,26)27)21(32)30-22-29-19-5-3-4-6-20(19)34-22/h3-8,13-14H,2,9-12H2,1H3,(H,28,33)(H,29,30,32). The molecule has 2 aromatic carbocycles. The summed E-state index contributed by atoms with van der Waals surface area (Å²) in [5.41, 5.74) is 0.532. The highest BCUT2D eigenvalue weighted by molar-refractivity contribution is 7.22. The van der Waals surface area contributed by atoms with E-state index in [1.54, 1.807) is 23.1 Å². The van der Waals surface area contributed by atoms with Gasteiger partial charge in [-0.3, -0.25) is 10.1 Å². The van der Waals surface area contributed by atoms with Crippen molar-refractivity contribution >= 4 is 44.7 Å². The van der Waals surface area contributed by atoms with E-state index in [1.165, 1.54) is 23.5 Å².